The summed E-state index contributed by atoms with van der Waals surface area (Å²) < 4.78 is 15.9. The number of imidazole rings is 1. The molecule has 0 aliphatic carbocycles. The fourth-order valence-electron chi connectivity index (χ4n) is 3.29. The Labute approximate surface area is 150 Å². The topological polar surface area (TPSA) is 55.9 Å². The molecule has 1 aliphatic rings. The first-order valence-corrected chi connectivity index (χ1v) is 8.51. The largest absolute Gasteiger partial charge is 0.383 e. The quantitative estimate of drug-likeness (QED) is 0.731. The van der Waals surface area contributed by atoms with Gasteiger partial charge in [-0.3, -0.25) is 0 Å². The number of hydrogen-bond donors (Lipinski definition) is 2. The molecule has 4 rings (SSSR count). The zero-order chi connectivity index (χ0) is 17.6. The predicted molar refractivity (Wildman–Crippen MR) is 98.1 cm³/mol. The summed E-state index contributed by atoms with van der Waals surface area (Å²) in [6, 6.07) is 13.1. The third kappa shape index (κ3) is 2.79. The van der Waals surface area contributed by atoms with E-state index in [2.05, 4.69) is 41.5 Å². The normalized spacial score (nSPS) is 16.7. The van der Waals surface area contributed by atoms with E-state index in [4.69, 9.17) is 17.3 Å². The van der Waals surface area contributed by atoms with Gasteiger partial charge in [-0.1, -0.05) is 47.5 Å². The maximum absolute atomic E-state index is 13.8. The van der Waals surface area contributed by atoms with Crippen molar-refractivity contribution in [3.63, 3.8) is 0 Å². The Kier molecular flexibility index (Phi) is 3.98. The van der Waals surface area contributed by atoms with Crippen LogP contribution < -0.4 is 11.1 Å². The summed E-state index contributed by atoms with van der Waals surface area (Å²) in [7, 11) is 0. The zero-order valence-electron chi connectivity index (χ0n) is 13.8. The number of nitrogens with zero attached hydrogens (tertiary/aromatic N) is 2. The fourth-order valence-corrected chi connectivity index (χ4v) is 3.41. The molecule has 0 radical (unpaired) electrons. The predicted octanol–water partition coefficient (Wildman–Crippen LogP) is 3.93. The molecule has 4 nitrogen and oxygen atoms in total. The molecule has 25 heavy (non-hydrogen) atoms. The van der Waals surface area contributed by atoms with Gasteiger partial charge in [-0.2, -0.15) is 0 Å². The molecule has 3 aromatic rings. The molecule has 3 N–H and O–H groups in total. The second-order valence-corrected chi connectivity index (χ2v) is 6.73. The molecule has 6 heteroatoms. The smallest absolute Gasteiger partial charge is 0.142 e. The molecule has 0 spiro atoms. The van der Waals surface area contributed by atoms with E-state index >= 15 is 0 Å². The lowest BCUT2D eigenvalue weighted by Gasteiger charge is -2.27. The van der Waals surface area contributed by atoms with E-state index in [1.165, 1.54) is 17.7 Å². The second-order valence-electron chi connectivity index (χ2n) is 6.32. The zero-order valence-corrected chi connectivity index (χ0v) is 14.5. The lowest BCUT2D eigenvalue weighted by molar-refractivity contribution is 0.448. The van der Waals surface area contributed by atoms with E-state index in [0.717, 1.165) is 17.9 Å². The molecular weight excluding hydrogens is 339 g/mol. The van der Waals surface area contributed by atoms with E-state index in [9.17, 15) is 4.39 Å². The highest BCUT2D eigenvalue weighted by Gasteiger charge is 2.27. The number of aryl methyl sites for hydroxylation is 1. The van der Waals surface area contributed by atoms with Crippen molar-refractivity contribution in [3.05, 3.63) is 70.3 Å². The van der Waals surface area contributed by atoms with Gasteiger partial charge in [-0.25, -0.2) is 9.37 Å². The van der Waals surface area contributed by atoms with Crippen molar-refractivity contribution in [1.82, 2.24) is 14.9 Å². The highest BCUT2D eigenvalue weighted by molar-refractivity contribution is 6.30. The van der Waals surface area contributed by atoms with Gasteiger partial charge in [0.2, 0.25) is 0 Å². The Hall–Kier alpha value is -2.37. The number of halogens is 2. The van der Waals surface area contributed by atoms with Gasteiger partial charge in [-0.05, 0) is 24.6 Å². The van der Waals surface area contributed by atoms with Gasteiger partial charge in [0, 0.05) is 12.1 Å². The van der Waals surface area contributed by atoms with Crippen molar-refractivity contribution in [2.45, 2.75) is 19.5 Å². The van der Waals surface area contributed by atoms with Crippen molar-refractivity contribution in [2.24, 2.45) is 0 Å². The van der Waals surface area contributed by atoms with Crippen LogP contribution in [0.2, 0.25) is 5.02 Å². The first-order chi connectivity index (χ1) is 12.0. The molecule has 0 bridgehead atoms. The number of benzene rings is 2. The highest BCUT2D eigenvalue weighted by atomic mass is 35.5. The van der Waals surface area contributed by atoms with E-state index in [0.29, 0.717) is 23.6 Å². The SMILES string of the molecule is Cc1ccc(C2CNCc3nc(-c4ccc(Cl)c(F)c4)c(N)n32)cc1. The number of hydrogen-bond acceptors (Lipinski definition) is 3. The number of fused-ring (bicyclic) bond motifs is 1. The first-order valence-electron chi connectivity index (χ1n) is 8.14. The van der Waals surface area contributed by atoms with Crippen molar-refractivity contribution in [2.75, 3.05) is 12.3 Å². The summed E-state index contributed by atoms with van der Waals surface area (Å²) in [5.41, 5.74) is 10.0. The molecule has 0 amide bonds. The number of nitrogens with one attached hydrogen (secondary N) is 1. The van der Waals surface area contributed by atoms with Crippen LogP contribution in [-0.4, -0.2) is 16.1 Å². The van der Waals surface area contributed by atoms with E-state index in [1.54, 1.807) is 6.07 Å². The Morgan fingerprint density at radius 2 is 2.00 bits per heavy atom. The minimum absolute atomic E-state index is 0.0581. The lowest BCUT2D eigenvalue weighted by Crippen LogP contribution is -2.34. The summed E-state index contributed by atoms with van der Waals surface area (Å²) >= 11 is 5.78. The lowest BCUT2D eigenvalue weighted by atomic mass is 10.0. The molecular formula is C19H18ClFN4. The number of nitrogens with two attached hydrogens (primary N) is 1. The van der Waals surface area contributed by atoms with Gasteiger partial charge >= 0.3 is 0 Å². The Morgan fingerprint density at radius 3 is 2.72 bits per heavy atom. The summed E-state index contributed by atoms with van der Waals surface area (Å²) in [6.07, 6.45) is 0. The Balaban J connectivity index is 1.81. The average molecular weight is 357 g/mol. The molecule has 1 aliphatic heterocycles. The third-order valence-corrected chi connectivity index (χ3v) is 4.92. The second kappa shape index (κ2) is 6.17. The van der Waals surface area contributed by atoms with Crippen LogP contribution in [0.25, 0.3) is 11.3 Å². The number of nitrogen functional groups attached to an aromatic ring is 1. The number of aromatic nitrogens is 2. The molecule has 1 aromatic heterocycles. The summed E-state index contributed by atoms with van der Waals surface area (Å²) in [5, 5.41) is 3.47. The Bertz CT molecular complexity index is 933. The van der Waals surface area contributed by atoms with E-state index in [1.807, 2.05) is 4.57 Å². The molecule has 0 fully saturated rings. The van der Waals surface area contributed by atoms with Gasteiger partial charge in [0.05, 0.1) is 17.6 Å². The molecule has 2 heterocycles. The third-order valence-electron chi connectivity index (χ3n) is 4.61. The van der Waals surface area contributed by atoms with Crippen LogP contribution in [-0.2, 0) is 6.54 Å². The van der Waals surface area contributed by atoms with Crippen LogP contribution >= 0.6 is 11.6 Å². The summed E-state index contributed by atoms with van der Waals surface area (Å²) in [5.74, 6) is 0.918. The maximum atomic E-state index is 13.8. The van der Waals surface area contributed by atoms with E-state index < -0.39 is 5.82 Å². The number of rotatable bonds is 2. The summed E-state index contributed by atoms with van der Waals surface area (Å²) in [6.45, 7) is 3.46. The van der Waals surface area contributed by atoms with Crippen molar-refractivity contribution >= 4 is 17.4 Å². The summed E-state index contributed by atoms with van der Waals surface area (Å²) in [4.78, 5) is 4.65. The van der Waals surface area contributed by atoms with Crippen LogP contribution in [0.5, 0.6) is 0 Å². The van der Waals surface area contributed by atoms with Gasteiger partial charge in [-0.15, -0.1) is 0 Å². The first kappa shape index (κ1) is 16.1. The van der Waals surface area contributed by atoms with Gasteiger partial charge < -0.3 is 15.6 Å². The molecule has 0 saturated heterocycles. The van der Waals surface area contributed by atoms with Crippen LogP contribution in [0.3, 0.4) is 0 Å². The van der Waals surface area contributed by atoms with Crippen LogP contribution in [0.15, 0.2) is 42.5 Å². The number of anilines is 1. The van der Waals surface area contributed by atoms with Crippen molar-refractivity contribution in [3.8, 4) is 11.3 Å². The standard InChI is InChI=1S/C19H18ClFN4/c1-11-2-4-12(5-3-11)16-9-23-10-17-24-18(19(22)25(16)17)13-6-7-14(20)15(21)8-13/h2-8,16,23H,9-10,22H2,1H3. The van der Waals surface area contributed by atoms with Crippen molar-refractivity contribution < 1.29 is 4.39 Å². The Morgan fingerprint density at radius 1 is 1.24 bits per heavy atom. The fraction of sp³-hybridized carbons (Fsp3) is 0.211. The van der Waals surface area contributed by atoms with Crippen LogP contribution in [0.4, 0.5) is 10.2 Å². The van der Waals surface area contributed by atoms with Gasteiger partial charge in [0.25, 0.3) is 0 Å². The minimum Gasteiger partial charge on any atom is -0.383 e. The van der Waals surface area contributed by atoms with Crippen molar-refractivity contribution in [1.29, 1.82) is 0 Å². The molecule has 0 saturated carbocycles. The molecule has 1 unspecified atom stereocenters. The molecule has 1 atom stereocenters. The van der Waals surface area contributed by atoms with Gasteiger partial charge in [0.1, 0.15) is 23.2 Å². The highest BCUT2D eigenvalue weighted by Crippen LogP contribution is 2.34. The molecule has 128 valence electrons. The van der Waals surface area contributed by atoms with E-state index in [-0.39, 0.29) is 11.1 Å². The van der Waals surface area contributed by atoms with Crippen LogP contribution in [0, 0.1) is 12.7 Å². The monoisotopic (exact) mass is 356 g/mol. The minimum atomic E-state index is -0.474. The molecule has 2 aromatic carbocycles. The maximum Gasteiger partial charge on any atom is 0.142 e. The van der Waals surface area contributed by atoms with Crippen LogP contribution in [0.1, 0.15) is 23.0 Å². The average Bonchev–Trinajstić information content (AvgIpc) is 2.95. The van der Waals surface area contributed by atoms with Gasteiger partial charge in [0.15, 0.2) is 0 Å².